The molecule has 0 aromatic rings. The van der Waals surface area contributed by atoms with Crippen LogP contribution in [0.4, 0.5) is 0 Å². The van der Waals surface area contributed by atoms with Gasteiger partial charge in [0.2, 0.25) is 0 Å². The summed E-state index contributed by atoms with van der Waals surface area (Å²) in [5.74, 6) is 3.70. The van der Waals surface area contributed by atoms with E-state index in [2.05, 4.69) is 26.1 Å². The maximum Gasteiger partial charge on any atom is 0.0637 e. The number of hydrogen-bond donors (Lipinski definition) is 3. The van der Waals surface area contributed by atoms with Crippen LogP contribution in [-0.2, 0) is 9.47 Å². The summed E-state index contributed by atoms with van der Waals surface area (Å²) in [6.45, 7) is 13.2. The van der Waals surface area contributed by atoms with Crippen LogP contribution in [0.2, 0.25) is 0 Å². The van der Waals surface area contributed by atoms with Crippen LogP contribution < -0.4 is 16.8 Å². The zero-order valence-corrected chi connectivity index (χ0v) is 33.8. The topological polar surface area (TPSA) is 82.5 Å². The molecule has 4 fully saturated rings. The van der Waals surface area contributed by atoms with Gasteiger partial charge >= 0.3 is 0 Å². The highest BCUT2D eigenvalue weighted by Gasteiger charge is 2.65. The Morgan fingerprint density at radius 2 is 1.22 bits per heavy atom. The van der Waals surface area contributed by atoms with Gasteiger partial charge in [0.05, 0.1) is 12.2 Å². The number of nitrogens with two attached hydrogens (primary N) is 2. The minimum atomic E-state index is 0.255. The van der Waals surface area contributed by atoms with E-state index >= 15 is 0 Å². The Hall–Kier alpha value is -0.200. The zero-order valence-electron chi connectivity index (χ0n) is 33.8. The predicted octanol–water partition coefficient (Wildman–Crippen LogP) is 11.0. The third-order valence-corrected chi connectivity index (χ3v) is 15.1. The first-order valence-corrected chi connectivity index (χ1v) is 22.8. The van der Waals surface area contributed by atoms with Gasteiger partial charge in [-0.05, 0) is 137 Å². The summed E-state index contributed by atoms with van der Waals surface area (Å²) >= 11 is 0. The molecule has 0 aromatic carbocycles. The molecule has 4 rings (SSSR count). The van der Waals surface area contributed by atoms with E-state index in [4.69, 9.17) is 20.9 Å². The third-order valence-electron chi connectivity index (χ3n) is 15.1. The van der Waals surface area contributed by atoms with Gasteiger partial charge in [-0.2, -0.15) is 0 Å². The van der Waals surface area contributed by atoms with E-state index in [0.717, 1.165) is 62.8 Å². The van der Waals surface area contributed by atoms with E-state index in [1.54, 1.807) is 0 Å². The van der Waals surface area contributed by atoms with Crippen molar-refractivity contribution in [3.8, 4) is 0 Å². The number of ether oxygens (including phenoxy) is 2. The molecule has 50 heavy (non-hydrogen) atoms. The highest BCUT2D eigenvalue weighted by molar-refractivity contribution is 5.14. The Balaban J connectivity index is 1.18. The van der Waals surface area contributed by atoms with Crippen LogP contribution in [0.5, 0.6) is 0 Å². The van der Waals surface area contributed by atoms with E-state index < -0.39 is 0 Å². The molecule has 0 aromatic heterocycles. The van der Waals surface area contributed by atoms with Crippen LogP contribution in [-0.4, -0.2) is 51.6 Å². The summed E-state index contributed by atoms with van der Waals surface area (Å²) < 4.78 is 13.8. The maximum absolute atomic E-state index is 6.97. The van der Waals surface area contributed by atoms with Gasteiger partial charge in [-0.25, -0.2) is 0 Å². The lowest BCUT2D eigenvalue weighted by Crippen LogP contribution is -2.62. The standard InChI is InChI=1S/C45H87N3O2/c1-4-5-6-7-8-9-10-11-12-13-14-15-16-20-31-48-32-21-18-24-37-26-27-39-43-40(36-42(45(37,39)3)50-34-23-30-47)44(2)28-19-17-25-38(44)35-41(43)49-33-22-29-46/h37-43,48H,4-36,46-47H2,1-3H3/t37?,38?,39?,40?,41-,42+,43?,44?,45?/m1/s1. The maximum atomic E-state index is 6.97. The Morgan fingerprint density at radius 1 is 0.620 bits per heavy atom. The molecular formula is C45H87N3O2. The molecule has 5 N–H and O–H groups in total. The molecule has 294 valence electrons. The van der Waals surface area contributed by atoms with Crippen LogP contribution >= 0.6 is 0 Å². The summed E-state index contributed by atoms with van der Waals surface area (Å²) in [7, 11) is 0. The minimum Gasteiger partial charge on any atom is -0.378 e. The highest BCUT2D eigenvalue weighted by Crippen LogP contribution is 2.68. The summed E-state index contributed by atoms with van der Waals surface area (Å²) in [6.07, 6.45) is 37.7. The lowest BCUT2D eigenvalue weighted by molar-refractivity contribution is -0.219. The zero-order chi connectivity index (χ0) is 35.5. The number of fused-ring (bicyclic) bond motifs is 5. The number of nitrogens with one attached hydrogen (secondary N) is 1. The lowest BCUT2D eigenvalue weighted by Gasteiger charge is -2.64. The molecule has 7 unspecified atom stereocenters. The van der Waals surface area contributed by atoms with Gasteiger partial charge in [-0.3, -0.25) is 0 Å². The number of rotatable bonds is 28. The highest BCUT2D eigenvalue weighted by atomic mass is 16.5. The molecule has 0 heterocycles. The van der Waals surface area contributed by atoms with Gasteiger partial charge in [0.1, 0.15) is 0 Å². The third kappa shape index (κ3) is 11.9. The van der Waals surface area contributed by atoms with E-state index in [0.29, 0.717) is 23.5 Å². The van der Waals surface area contributed by atoms with E-state index in [1.807, 2.05) is 0 Å². The van der Waals surface area contributed by atoms with Gasteiger partial charge in [-0.1, -0.05) is 124 Å². The SMILES string of the molecule is CCCCCCCCCCCCCCCCNCCCCC1CCC2C3C(C[C@H](OCCCN)C12C)C1(C)CCCCC1C[C@H]3OCCCN. The van der Waals surface area contributed by atoms with Crippen molar-refractivity contribution in [2.75, 3.05) is 39.4 Å². The number of hydrogen-bond acceptors (Lipinski definition) is 5. The summed E-state index contributed by atoms with van der Waals surface area (Å²) in [5, 5.41) is 3.80. The Morgan fingerprint density at radius 3 is 1.86 bits per heavy atom. The van der Waals surface area contributed by atoms with Crippen LogP contribution in [0.15, 0.2) is 0 Å². The normalized spacial score (nSPS) is 33.7. The fourth-order valence-electron chi connectivity index (χ4n) is 12.0. The molecule has 4 aliphatic rings. The summed E-state index contributed by atoms with van der Waals surface area (Å²) in [6, 6.07) is 0. The smallest absolute Gasteiger partial charge is 0.0637 e. The first-order valence-electron chi connectivity index (χ1n) is 22.8. The second-order valence-corrected chi connectivity index (χ2v) is 18.2. The van der Waals surface area contributed by atoms with Crippen LogP contribution in [0.25, 0.3) is 0 Å². The predicted molar refractivity (Wildman–Crippen MR) is 214 cm³/mol. The first kappa shape index (κ1) is 42.5. The van der Waals surface area contributed by atoms with E-state index in [9.17, 15) is 0 Å². The molecule has 0 amide bonds. The fourth-order valence-corrected chi connectivity index (χ4v) is 12.0. The summed E-state index contributed by atoms with van der Waals surface area (Å²) in [5.41, 5.74) is 12.6. The largest absolute Gasteiger partial charge is 0.378 e. The van der Waals surface area contributed by atoms with Crippen molar-refractivity contribution in [1.82, 2.24) is 5.32 Å². The van der Waals surface area contributed by atoms with E-state index in [-0.39, 0.29) is 5.41 Å². The summed E-state index contributed by atoms with van der Waals surface area (Å²) in [4.78, 5) is 0. The van der Waals surface area contributed by atoms with E-state index in [1.165, 1.54) is 174 Å². The minimum absolute atomic E-state index is 0.255. The Kier molecular flexibility index (Phi) is 20.0. The first-order chi connectivity index (χ1) is 24.5. The Labute approximate surface area is 311 Å². The van der Waals surface area contributed by atoms with Gasteiger partial charge in [-0.15, -0.1) is 0 Å². The molecule has 0 saturated heterocycles. The van der Waals surface area contributed by atoms with Crippen LogP contribution in [0.3, 0.4) is 0 Å². The van der Waals surface area contributed by atoms with Crippen LogP contribution in [0, 0.1) is 40.4 Å². The van der Waals surface area contributed by atoms with Crippen LogP contribution in [0.1, 0.15) is 194 Å². The monoisotopic (exact) mass is 702 g/mol. The molecule has 0 aliphatic heterocycles. The molecule has 5 heteroatoms. The van der Waals surface area contributed by atoms with Crippen molar-refractivity contribution in [2.45, 2.75) is 206 Å². The lowest BCUT2D eigenvalue weighted by atomic mass is 9.43. The molecular weight excluding hydrogens is 615 g/mol. The molecule has 9 atom stereocenters. The average molecular weight is 702 g/mol. The fraction of sp³-hybridized carbons (Fsp3) is 1.00. The van der Waals surface area contributed by atoms with Crippen molar-refractivity contribution in [3.63, 3.8) is 0 Å². The average Bonchev–Trinajstić information content (AvgIpc) is 3.46. The van der Waals surface area contributed by atoms with Gasteiger partial charge in [0, 0.05) is 13.2 Å². The Bertz CT molecular complexity index is 871. The second-order valence-electron chi connectivity index (χ2n) is 18.2. The second kappa shape index (κ2) is 23.6. The van der Waals surface area contributed by atoms with Gasteiger partial charge < -0.3 is 26.3 Å². The number of unbranched alkanes of at least 4 members (excludes halogenated alkanes) is 14. The molecule has 0 radical (unpaired) electrons. The molecule has 4 aliphatic carbocycles. The van der Waals surface area contributed by atoms with Crippen molar-refractivity contribution < 1.29 is 9.47 Å². The molecule has 5 nitrogen and oxygen atoms in total. The van der Waals surface area contributed by atoms with Gasteiger partial charge in [0.25, 0.3) is 0 Å². The van der Waals surface area contributed by atoms with Crippen molar-refractivity contribution in [2.24, 2.45) is 51.9 Å². The van der Waals surface area contributed by atoms with Gasteiger partial charge in [0.15, 0.2) is 0 Å². The molecule has 4 saturated carbocycles. The molecule has 0 bridgehead atoms. The molecule has 0 spiro atoms. The van der Waals surface area contributed by atoms with Crippen molar-refractivity contribution in [3.05, 3.63) is 0 Å². The van der Waals surface area contributed by atoms with Crippen molar-refractivity contribution >= 4 is 0 Å². The van der Waals surface area contributed by atoms with Crippen molar-refractivity contribution in [1.29, 1.82) is 0 Å². The quantitative estimate of drug-likeness (QED) is 0.0707.